The molecule has 0 fully saturated rings. The van der Waals surface area contributed by atoms with Crippen LogP contribution in [0.4, 0.5) is 14.5 Å². The van der Waals surface area contributed by atoms with E-state index in [9.17, 15) is 13.6 Å². The van der Waals surface area contributed by atoms with Crippen molar-refractivity contribution in [3.63, 3.8) is 0 Å². The van der Waals surface area contributed by atoms with Gasteiger partial charge in [0, 0.05) is 6.07 Å². The van der Waals surface area contributed by atoms with Crippen molar-refractivity contribution in [3.8, 4) is 5.75 Å². The number of halogens is 2. The van der Waals surface area contributed by atoms with E-state index in [4.69, 9.17) is 4.74 Å². The Morgan fingerprint density at radius 3 is 2.52 bits per heavy atom. The normalized spacial score (nSPS) is 12.0. The van der Waals surface area contributed by atoms with Gasteiger partial charge in [0.1, 0.15) is 17.4 Å². The van der Waals surface area contributed by atoms with Crippen LogP contribution in [-0.2, 0) is 4.79 Å². The van der Waals surface area contributed by atoms with Crippen molar-refractivity contribution < 1.29 is 18.3 Å². The molecule has 0 aromatic heterocycles. The number of hydrogen-bond donors (Lipinski definition) is 1. The van der Waals surface area contributed by atoms with Gasteiger partial charge in [-0.2, -0.15) is 0 Å². The van der Waals surface area contributed by atoms with Gasteiger partial charge in [0.25, 0.3) is 5.91 Å². The molecule has 128 valence electrons. The largest absolute Gasteiger partial charge is 0.481 e. The van der Waals surface area contributed by atoms with Crippen LogP contribution in [0.1, 0.15) is 13.3 Å². The highest BCUT2D eigenvalue weighted by Crippen LogP contribution is 2.23. The Balaban J connectivity index is 1.75. The summed E-state index contributed by atoms with van der Waals surface area (Å²) < 4.78 is 32.4. The lowest BCUT2D eigenvalue weighted by Crippen LogP contribution is -2.32. The summed E-state index contributed by atoms with van der Waals surface area (Å²) in [7, 11) is 0. The number of carbonyl (C=O) groups is 1. The molecule has 0 spiro atoms. The van der Waals surface area contributed by atoms with E-state index in [2.05, 4.69) is 5.32 Å². The minimum Gasteiger partial charge on any atom is -0.481 e. The van der Waals surface area contributed by atoms with Gasteiger partial charge in [0.05, 0.1) is 5.69 Å². The van der Waals surface area contributed by atoms with Crippen molar-refractivity contribution >= 4 is 22.4 Å². The van der Waals surface area contributed by atoms with Gasteiger partial charge in [-0.05, 0) is 41.5 Å². The quantitative estimate of drug-likeness (QED) is 0.716. The summed E-state index contributed by atoms with van der Waals surface area (Å²) in [6.45, 7) is 1.80. The van der Waals surface area contributed by atoms with Gasteiger partial charge in [0.2, 0.25) is 0 Å². The maximum absolute atomic E-state index is 13.7. The van der Waals surface area contributed by atoms with E-state index in [0.717, 1.165) is 22.9 Å². The van der Waals surface area contributed by atoms with Crippen LogP contribution >= 0.6 is 0 Å². The molecule has 0 aliphatic rings. The molecule has 0 aliphatic heterocycles. The Hall–Kier alpha value is -2.95. The van der Waals surface area contributed by atoms with Crippen molar-refractivity contribution in [3.05, 3.63) is 72.3 Å². The summed E-state index contributed by atoms with van der Waals surface area (Å²) in [6, 6.07) is 16.4. The van der Waals surface area contributed by atoms with E-state index in [0.29, 0.717) is 12.2 Å². The molecule has 25 heavy (non-hydrogen) atoms. The van der Waals surface area contributed by atoms with E-state index in [1.807, 2.05) is 36.4 Å². The summed E-state index contributed by atoms with van der Waals surface area (Å²) in [5.74, 6) is -1.45. The van der Waals surface area contributed by atoms with Gasteiger partial charge in [0.15, 0.2) is 6.10 Å². The number of amides is 1. The molecule has 1 amide bonds. The highest BCUT2D eigenvalue weighted by Gasteiger charge is 2.20. The number of ether oxygens (including phenoxy) is 1. The second kappa shape index (κ2) is 7.30. The molecule has 3 aromatic carbocycles. The average molecular weight is 341 g/mol. The third-order valence-corrected chi connectivity index (χ3v) is 3.85. The maximum atomic E-state index is 13.7. The molecular formula is C20H17F2NO2. The first-order valence-electron chi connectivity index (χ1n) is 7.98. The summed E-state index contributed by atoms with van der Waals surface area (Å²) >= 11 is 0. The molecule has 3 aromatic rings. The molecule has 1 N–H and O–H groups in total. The minimum absolute atomic E-state index is 0.0769. The number of carbonyl (C=O) groups excluding carboxylic acids is 1. The number of anilines is 1. The van der Waals surface area contributed by atoms with Crippen LogP contribution in [0, 0.1) is 11.6 Å². The first-order valence-corrected chi connectivity index (χ1v) is 7.98. The average Bonchev–Trinajstić information content (AvgIpc) is 2.61. The SMILES string of the molecule is CC[C@H](Oc1ccc2ccccc2c1)C(=O)Nc1ccc(F)cc1F. The van der Waals surface area contributed by atoms with Gasteiger partial charge < -0.3 is 10.1 Å². The maximum Gasteiger partial charge on any atom is 0.265 e. The Bertz CT molecular complexity index is 911. The third kappa shape index (κ3) is 3.94. The highest BCUT2D eigenvalue weighted by molar-refractivity contribution is 5.94. The van der Waals surface area contributed by atoms with Crippen LogP contribution in [-0.4, -0.2) is 12.0 Å². The molecule has 0 unspecified atom stereocenters. The topological polar surface area (TPSA) is 38.3 Å². The van der Waals surface area contributed by atoms with Gasteiger partial charge in [-0.3, -0.25) is 4.79 Å². The number of hydrogen-bond acceptors (Lipinski definition) is 2. The monoisotopic (exact) mass is 341 g/mol. The van der Waals surface area contributed by atoms with Crippen LogP contribution in [0.15, 0.2) is 60.7 Å². The number of nitrogens with one attached hydrogen (secondary N) is 1. The molecule has 1 atom stereocenters. The van der Waals surface area contributed by atoms with Crippen LogP contribution in [0.2, 0.25) is 0 Å². The van der Waals surface area contributed by atoms with E-state index in [-0.39, 0.29) is 5.69 Å². The predicted octanol–water partition coefficient (Wildman–Crippen LogP) is 4.91. The van der Waals surface area contributed by atoms with E-state index >= 15 is 0 Å². The lowest BCUT2D eigenvalue weighted by atomic mass is 10.1. The van der Waals surface area contributed by atoms with E-state index < -0.39 is 23.6 Å². The van der Waals surface area contributed by atoms with Gasteiger partial charge in [-0.15, -0.1) is 0 Å². The lowest BCUT2D eigenvalue weighted by molar-refractivity contribution is -0.122. The zero-order valence-electron chi connectivity index (χ0n) is 13.6. The highest BCUT2D eigenvalue weighted by atomic mass is 19.1. The second-order valence-electron chi connectivity index (χ2n) is 5.64. The van der Waals surface area contributed by atoms with Crippen molar-refractivity contribution in [2.24, 2.45) is 0 Å². The van der Waals surface area contributed by atoms with Crippen LogP contribution < -0.4 is 10.1 Å². The fourth-order valence-electron chi connectivity index (χ4n) is 2.53. The van der Waals surface area contributed by atoms with Crippen molar-refractivity contribution in [1.29, 1.82) is 0 Å². The Kier molecular flexibility index (Phi) is 4.93. The zero-order valence-corrected chi connectivity index (χ0v) is 13.6. The lowest BCUT2D eigenvalue weighted by Gasteiger charge is -2.18. The number of fused-ring (bicyclic) bond motifs is 1. The fraction of sp³-hybridized carbons (Fsp3) is 0.150. The Labute approximate surface area is 144 Å². The van der Waals surface area contributed by atoms with Gasteiger partial charge in [-0.1, -0.05) is 37.3 Å². The molecule has 5 heteroatoms. The van der Waals surface area contributed by atoms with Crippen LogP contribution in [0.5, 0.6) is 5.75 Å². The Morgan fingerprint density at radius 1 is 1.04 bits per heavy atom. The molecule has 0 aliphatic carbocycles. The molecular weight excluding hydrogens is 324 g/mol. The molecule has 3 nitrogen and oxygen atoms in total. The molecule has 0 radical (unpaired) electrons. The van der Waals surface area contributed by atoms with Gasteiger partial charge in [-0.25, -0.2) is 8.78 Å². The minimum atomic E-state index is -0.825. The fourth-order valence-corrected chi connectivity index (χ4v) is 2.53. The first kappa shape index (κ1) is 16.9. The summed E-state index contributed by atoms with van der Waals surface area (Å²) in [5.41, 5.74) is -0.0769. The van der Waals surface area contributed by atoms with Crippen molar-refractivity contribution in [2.75, 3.05) is 5.32 Å². The number of rotatable bonds is 5. The number of benzene rings is 3. The third-order valence-electron chi connectivity index (χ3n) is 3.85. The summed E-state index contributed by atoms with van der Waals surface area (Å²) in [4.78, 5) is 12.4. The van der Waals surface area contributed by atoms with E-state index in [1.54, 1.807) is 13.0 Å². The van der Waals surface area contributed by atoms with Crippen LogP contribution in [0.25, 0.3) is 10.8 Å². The van der Waals surface area contributed by atoms with Gasteiger partial charge >= 0.3 is 0 Å². The zero-order chi connectivity index (χ0) is 17.8. The molecule has 0 saturated heterocycles. The first-order chi connectivity index (χ1) is 12.1. The van der Waals surface area contributed by atoms with Crippen molar-refractivity contribution in [2.45, 2.75) is 19.4 Å². The smallest absolute Gasteiger partial charge is 0.265 e. The van der Waals surface area contributed by atoms with Crippen molar-refractivity contribution in [1.82, 2.24) is 0 Å². The predicted molar refractivity (Wildman–Crippen MR) is 93.6 cm³/mol. The van der Waals surface area contributed by atoms with E-state index in [1.165, 1.54) is 6.07 Å². The molecule has 0 bridgehead atoms. The Morgan fingerprint density at radius 2 is 1.80 bits per heavy atom. The standard InChI is InChI=1S/C20H17F2NO2/c1-2-19(20(24)23-18-10-8-15(21)12-17(18)22)25-16-9-7-13-5-3-4-6-14(13)11-16/h3-12,19H,2H2,1H3,(H,23,24)/t19-/m0/s1. The molecule has 0 saturated carbocycles. The van der Waals surface area contributed by atoms with Crippen LogP contribution in [0.3, 0.4) is 0 Å². The second-order valence-corrected chi connectivity index (χ2v) is 5.64. The molecule has 0 heterocycles. The summed E-state index contributed by atoms with van der Waals surface area (Å²) in [6.07, 6.45) is -0.382. The summed E-state index contributed by atoms with van der Waals surface area (Å²) in [5, 5.41) is 4.51. The molecule has 3 rings (SSSR count).